The van der Waals surface area contributed by atoms with Crippen LogP contribution in [0.4, 0.5) is 0 Å². The summed E-state index contributed by atoms with van der Waals surface area (Å²) in [4.78, 5) is 0. The van der Waals surface area contributed by atoms with E-state index in [0.717, 1.165) is 19.8 Å². The summed E-state index contributed by atoms with van der Waals surface area (Å²) in [5.74, 6) is 0. The summed E-state index contributed by atoms with van der Waals surface area (Å²) in [6.07, 6.45) is 5.53. The summed E-state index contributed by atoms with van der Waals surface area (Å²) < 4.78 is 0. The first-order valence-corrected chi connectivity index (χ1v) is 3.06. The molecule has 2 nitrogen and oxygen atoms in total. The maximum absolute atomic E-state index is 3.22. The lowest BCUT2D eigenvalue weighted by molar-refractivity contribution is 0.604. The molecule has 1 aliphatic rings. The molecule has 0 saturated carbocycles. The molecular weight excluding hydrogens is 100 g/mol. The van der Waals surface area contributed by atoms with Crippen LogP contribution in [0.5, 0.6) is 0 Å². The highest BCUT2D eigenvalue weighted by molar-refractivity contribution is 4.85. The van der Waals surface area contributed by atoms with E-state index in [9.17, 15) is 0 Å². The Labute approximate surface area is 50.0 Å². The number of nitrogens with one attached hydrogen (secondary N) is 2. The molecule has 0 amide bonds. The summed E-state index contributed by atoms with van der Waals surface area (Å²) in [7, 11) is 0. The van der Waals surface area contributed by atoms with Crippen molar-refractivity contribution in [3.63, 3.8) is 0 Å². The molecule has 1 rings (SSSR count). The second-order valence-electron chi connectivity index (χ2n) is 1.89. The van der Waals surface area contributed by atoms with Crippen LogP contribution in [0.2, 0.25) is 0 Å². The first-order chi connectivity index (χ1) is 4.00. The fourth-order valence-corrected chi connectivity index (χ4v) is 0.719. The minimum atomic E-state index is 0.949. The maximum Gasteiger partial charge on any atom is 0.0456 e. The summed E-state index contributed by atoms with van der Waals surface area (Å²) in [5, 5.41) is 6.41. The van der Waals surface area contributed by atoms with Gasteiger partial charge in [-0.05, 0) is 13.0 Å². The fraction of sp³-hybridized carbons (Fsp3) is 0.667. The Kier molecular flexibility index (Phi) is 2.63. The van der Waals surface area contributed by atoms with Crippen molar-refractivity contribution in [3.05, 3.63) is 12.2 Å². The Morgan fingerprint density at radius 3 is 3.12 bits per heavy atom. The summed E-state index contributed by atoms with van der Waals surface area (Å²) >= 11 is 0. The predicted octanol–water partition coefficient (Wildman–Crippen LogP) is 0.0830. The van der Waals surface area contributed by atoms with Crippen LogP contribution in [-0.4, -0.2) is 19.8 Å². The van der Waals surface area contributed by atoms with Gasteiger partial charge < -0.3 is 10.6 Å². The molecule has 0 spiro atoms. The van der Waals surface area contributed by atoms with Gasteiger partial charge in [0.25, 0.3) is 0 Å². The van der Waals surface area contributed by atoms with Gasteiger partial charge in [0, 0.05) is 13.2 Å². The second-order valence-corrected chi connectivity index (χ2v) is 1.89. The Morgan fingerprint density at radius 2 is 2.12 bits per heavy atom. The van der Waals surface area contributed by atoms with Crippen LogP contribution in [0.25, 0.3) is 0 Å². The zero-order valence-electron chi connectivity index (χ0n) is 4.98. The predicted molar refractivity (Wildman–Crippen MR) is 34.6 cm³/mol. The van der Waals surface area contributed by atoms with Gasteiger partial charge in [-0.3, -0.25) is 0 Å². The van der Waals surface area contributed by atoms with E-state index in [1.807, 2.05) is 0 Å². The molecule has 0 aromatic heterocycles. The lowest BCUT2D eigenvalue weighted by Gasteiger charge is -2.05. The number of hydrogen-bond acceptors (Lipinski definition) is 2. The van der Waals surface area contributed by atoms with Crippen molar-refractivity contribution in [2.24, 2.45) is 0 Å². The fourth-order valence-electron chi connectivity index (χ4n) is 0.719. The summed E-state index contributed by atoms with van der Waals surface area (Å²) in [5.41, 5.74) is 0. The first-order valence-electron chi connectivity index (χ1n) is 3.06. The molecule has 0 aliphatic carbocycles. The van der Waals surface area contributed by atoms with Gasteiger partial charge >= 0.3 is 0 Å². The average Bonchev–Trinajstić information content (AvgIpc) is 1.62. The van der Waals surface area contributed by atoms with Crippen molar-refractivity contribution in [3.8, 4) is 0 Å². The van der Waals surface area contributed by atoms with E-state index >= 15 is 0 Å². The van der Waals surface area contributed by atoms with Crippen molar-refractivity contribution in [1.29, 1.82) is 0 Å². The molecule has 46 valence electrons. The molecule has 0 fully saturated rings. The Hall–Kier alpha value is -0.340. The van der Waals surface area contributed by atoms with Crippen LogP contribution in [0.3, 0.4) is 0 Å². The van der Waals surface area contributed by atoms with Crippen molar-refractivity contribution < 1.29 is 0 Å². The van der Waals surface area contributed by atoms with E-state index in [4.69, 9.17) is 0 Å². The molecule has 0 bridgehead atoms. The topological polar surface area (TPSA) is 24.1 Å². The van der Waals surface area contributed by atoms with Gasteiger partial charge in [0.05, 0.1) is 0 Å². The lowest BCUT2D eigenvalue weighted by Crippen LogP contribution is -2.30. The van der Waals surface area contributed by atoms with Gasteiger partial charge in [-0.25, -0.2) is 0 Å². The highest BCUT2D eigenvalue weighted by atomic mass is 15.0. The summed E-state index contributed by atoms with van der Waals surface area (Å²) in [6, 6.07) is 0. The average molecular weight is 112 g/mol. The highest BCUT2D eigenvalue weighted by Gasteiger charge is 1.86. The number of hydrogen-bond donors (Lipinski definition) is 2. The van der Waals surface area contributed by atoms with Gasteiger partial charge in [-0.1, -0.05) is 12.2 Å². The van der Waals surface area contributed by atoms with Crippen molar-refractivity contribution in [1.82, 2.24) is 10.6 Å². The van der Waals surface area contributed by atoms with Gasteiger partial charge in [-0.2, -0.15) is 0 Å². The lowest BCUT2D eigenvalue weighted by atomic mass is 10.3. The number of rotatable bonds is 0. The second kappa shape index (κ2) is 3.64. The van der Waals surface area contributed by atoms with Crippen LogP contribution in [0.15, 0.2) is 12.2 Å². The van der Waals surface area contributed by atoms with Gasteiger partial charge in [0.15, 0.2) is 0 Å². The van der Waals surface area contributed by atoms with E-state index in [0.29, 0.717) is 0 Å². The molecule has 0 atom stereocenters. The molecule has 1 heterocycles. The van der Waals surface area contributed by atoms with E-state index in [1.54, 1.807) is 0 Å². The largest absolute Gasteiger partial charge is 0.304 e. The van der Waals surface area contributed by atoms with Crippen LogP contribution in [0, 0.1) is 0 Å². The quantitative estimate of drug-likeness (QED) is 0.434. The van der Waals surface area contributed by atoms with Crippen LogP contribution >= 0.6 is 0 Å². The zero-order chi connectivity index (χ0) is 5.66. The summed E-state index contributed by atoms with van der Waals surface area (Å²) in [6.45, 7) is 3.06. The minimum Gasteiger partial charge on any atom is -0.304 e. The SMILES string of the molecule is C1=CCNCNCC1. The maximum atomic E-state index is 3.22. The van der Waals surface area contributed by atoms with Crippen LogP contribution < -0.4 is 10.6 Å². The molecule has 0 aromatic carbocycles. The van der Waals surface area contributed by atoms with E-state index in [2.05, 4.69) is 22.8 Å². The molecule has 1 aliphatic heterocycles. The van der Waals surface area contributed by atoms with E-state index in [-0.39, 0.29) is 0 Å². The monoisotopic (exact) mass is 112 g/mol. The highest BCUT2D eigenvalue weighted by Crippen LogP contribution is 1.81. The Morgan fingerprint density at radius 1 is 1.12 bits per heavy atom. The third-order valence-electron chi connectivity index (χ3n) is 1.17. The molecule has 0 radical (unpaired) electrons. The third-order valence-corrected chi connectivity index (χ3v) is 1.17. The molecule has 2 N–H and O–H groups in total. The molecule has 8 heavy (non-hydrogen) atoms. The van der Waals surface area contributed by atoms with Crippen molar-refractivity contribution in [2.75, 3.05) is 19.8 Å². The standard InChI is InChI=1S/C6H12N2/c1-2-4-7-6-8-5-3-1/h1-2,7-8H,3-6H2. The first kappa shape index (κ1) is 5.79. The van der Waals surface area contributed by atoms with Crippen LogP contribution in [0.1, 0.15) is 6.42 Å². The van der Waals surface area contributed by atoms with E-state index in [1.165, 1.54) is 6.42 Å². The molecule has 0 saturated heterocycles. The van der Waals surface area contributed by atoms with Gasteiger partial charge in [-0.15, -0.1) is 0 Å². The van der Waals surface area contributed by atoms with Crippen LogP contribution in [-0.2, 0) is 0 Å². The minimum absolute atomic E-state index is 0.949. The molecular formula is C6H12N2. The van der Waals surface area contributed by atoms with Crippen molar-refractivity contribution in [2.45, 2.75) is 6.42 Å². The van der Waals surface area contributed by atoms with Crippen molar-refractivity contribution >= 4 is 0 Å². The Bertz CT molecular complexity index is 68.6. The smallest absolute Gasteiger partial charge is 0.0456 e. The zero-order valence-corrected chi connectivity index (χ0v) is 4.98. The third kappa shape index (κ3) is 2.09. The molecule has 0 unspecified atom stereocenters. The molecule has 2 heteroatoms. The Balaban J connectivity index is 2.17. The normalized spacial score (nSPS) is 22.0. The van der Waals surface area contributed by atoms with E-state index < -0.39 is 0 Å². The van der Waals surface area contributed by atoms with Gasteiger partial charge in [0.1, 0.15) is 0 Å². The van der Waals surface area contributed by atoms with Gasteiger partial charge in [0.2, 0.25) is 0 Å². The molecule has 0 aromatic rings.